The highest BCUT2D eigenvalue weighted by Gasteiger charge is 2.40. The number of carbonyl (C=O) groups is 4. The zero-order valence-corrected chi connectivity index (χ0v) is 21.8. The zero-order chi connectivity index (χ0) is 27.6. The van der Waals surface area contributed by atoms with Crippen LogP contribution >= 0.6 is 0 Å². The number of phenols is 1. The van der Waals surface area contributed by atoms with Gasteiger partial charge in [0, 0.05) is 31.4 Å². The van der Waals surface area contributed by atoms with Gasteiger partial charge in [0.25, 0.3) is 11.8 Å². The lowest BCUT2D eigenvalue weighted by atomic mass is 10.0. The van der Waals surface area contributed by atoms with Gasteiger partial charge in [0.15, 0.2) is 0 Å². The van der Waals surface area contributed by atoms with E-state index in [9.17, 15) is 24.3 Å². The Balaban J connectivity index is 1.43. The van der Waals surface area contributed by atoms with Gasteiger partial charge in [-0.15, -0.1) is 0 Å². The highest BCUT2D eigenvalue weighted by molar-refractivity contribution is 6.19. The Morgan fingerprint density at radius 3 is 2.53 bits per heavy atom. The number of fused-ring (bicyclic) bond motifs is 1. The summed E-state index contributed by atoms with van der Waals surface area (Å²) in [7, 11) is 2.88. The minimum Gasteiger partial charge on any atom is -0.506 e. The van der Waals surface area contributed by atoms with E-state index in [1.54, 1.807) is 24.3 Å². The van der Waals surface area contributed by atoms with Crippen molar-refractivity contribution in [3.8, 4) is 11.5 Å². The van der Waals surface area contributed by atoms with E-state index in [-0.39, 0.29) is 17.9 Å². The number of likely N-dealkylation sites (N-methyl/N-ethyl adjacent to an activating group) is 1. The topological polar surface area (TPSA) is 119 Å². The van der Waals surface area contributed by atoms with Crippen molar-refractivity contribution in [1.82, 2.24) is 15.1 Å². The maximum Gasteiger partial charge on any atom is 0.339 e. The van der Waals surface area contributed by atoms with Gasteiger partial charge in [-0.25, -0.2) is 9.59 Å². The van der Waals surface area contributed by atoms with E-state index in [4.69, 9.17) is 4.74 Å². The number of ether oxygens (including phenoxy) is 1. The minimum absolute atomic E-state index is 0.0884. The molecule has 1 aliphatic heterocycles. The fraction of sp³-hybridized carbons (Fsp3) is 0.286. The normalized spacial score (nSPS) is 13.3. The fourth-order valence-corrected chi connectivity index (χ4v) is 4.37. The molecule has 0 aliphatic carbocycles. The molecule has 0 aromatic heterocycles. The van der Waals surface area contributed by atoms with Gasteiger partial charge >= 0.3 is 12.1 Å². The van der Waals surface area contributed by atoms with E-state index in [1.807, 2.05) is 32.0 Å². The molecule has 1 saturated heterocycles. The van der Waals surface area contributed by atoms with Gasteiger partial charge < -0.3 is 20.1 Å². The fourth-order valence-electron chi connectivity index (χ4n) is 4.37. The van der Waals surface area contributed by atoms with Crippen molar-refractivity contribution in [3.05, 3.63) is 65.2 Å². The third-order valence-corrected chi connectivity index (χ3v) is 6.43. The third kappa shape index (κ3) is 5.10. The quantitative estimate of drug-likeness (QED) is 0.363. The van der Waals surface area contributed by atoms with Gasteiger partial charge in [0.1, 0.15) is 18.0 Å². The molecular formula is C28H30N4O6. The number of rotatable bonds is 7. The first-order valence-corrected chi connectivity index (χ1v) is 12.2. The summed E-state index contributed by atoms with van der Waals surface area (Å²) in [6.45, 7) is 4.60. The number of benzene rings is 3. The maximum absolute atomic E-state index is 13.0. The first-order chi connectivity index (χ1) is 18.1. The number of imide groups is 3. The number of aromatic hydroxyl groups is 1. The lowest BCUT2D eigenvalue weighted by molar-refractivity contribution is -0.123. The highest BCUT2D eigenvalue weighted by Crippen LogP contribution is 2.35. The summed E-state index contributed by atoms with van der Waals surface area (Å²) in [5.41, 5.74) is 2.67. The lowest BCUT2D eigenvalue weighted by Crippen LogP contribution is -2.45. The minimum atomic E-state index is -0.804. The van der Waals surface area contributed by atoms with Crippen molar-refractivity contribution in [3.63, 3.8) is 0 Å². The van der Waals surface area contributed by atoms with Crippen molar-refractivity contribution in [1.29, 1.82) is 0 Å². The van der Waals surface area contributed by atoms with Gasteiger partial charge in [0.05, 0.1) is 17.9 Å². The van der Waals surface area contributed by atoms with Crippen LogP contribution in [0.2, 0.25) is 0 Å². The Morgan fingerprint density at radius 1 is 1.08 bits per heavy atom. The zero-order valence-electron chi connectivity index (χ0n) is 21.8. The number of hydrogen-bond donors (Lipinski definition) is 2. The molecule has 4 rings (SSSR count). The molecule has 0 radical (unpaired) electrons. The molecule has 1 aliphatic rings. The van der Waals surface area contributed by atoms with E-state index in [0.717, 1.165) is 21.8 Å². The SMILES string of the molecule is Cc1ccc(OCCCNC(=O)c2ccc3c(N(C)C(=O)N4C(=O)CN(C)C4=O)cccc3c2O)c(C)c1. The number of aryl methyl sites for hydroxylation is 2. The number of amides is 6. The average molecular weight is 519 g/mol. The van der Waals surface area contributed by atoms with Gasteiger partial charge in [-0.3, -0.25) is 14.5 Å². The van der Waals surface area contributed by atoms with Crippen LogP contribution in [0.25, 0.3) is 10.8 Å². The second-order valence-corrected chi connectivity index (χ2v) is 9.27. The summed E-state index contributed by atoms with van der Waals surface area (Å²) in [4.78, 5) is 53.1. The van der Waals surface area contributed by atoms with Crippen LogP contribution < -0.4 is 15.0 Å². The molecule has 1 heterocycles. The van der Waals surface area contributed by atoms with Gasteiger partial charge in [0.2, 0.25) is 0 Å². The summed E-state index contributed by atoms with van der Waals surface area (Å²) in [5.74, 6) is -0.487. The van der Waals surface area contributed by atoms with Gasteiger partial charge in [-0.05, 0) is 44.0 Å². The second-order valence-electron chi connectivity index (χ2n) is 9.27. The largest absolute Gasteiger partial charge is 0.506 e. The molecule has 10 heteroatoms. The van der Waals surface area contributed by atoms with Crippen LogP contribution in [-0.4, -0.2) is 72.6 Å². The summed E-state index contributed by atoms with van der Waals surface area (Å²) in [6, 6.07) is 12.4. The second kappa shape index (κ2) is 10.8. The number of hydrogen-bond acceptors (Lipinski definition) is 6. The first kappa shape index (κ1) is 26.5. The summed E-state index contributed by atoms with van der Waals surface area (Å²) >= 11 is 0. The first-order valence-electron chi connectivity index (χ1n) is 12.2. The van der Waals surface area contributed by atoms with Crippen LogP contribution in [0.5, 0.6) is 11.5 Å². The van der Waals surface area contributed by atoms with E-state index < -0.39 is 23.9 Å². The molecular weight excluding hydrogens is 488 g/mol. The van der Waals surface area contributed by atoms with Crippen LogP contribution in [0.4, 0.5) is 15.3 Å². The van der Waals surface area contributed by atoms with Crippen LogP contribution in [0.15, 0.2) is 48.5 Å². The van der Waals surface area contributed by atoms with E-state index >= 15 is 0 Å². The van der Waals surface area contributed by atoms with Crippen molar-refractivity contribution in [2.75, 3.05) is 38.7 Å². The molecule has 38 heavy (non-hydrogen) atoms. The van der Waals surface area contributed by atoms with Gasteiger partial charge in [-0.2, -0.15) is 4.90 Å². The Hall–Kier alpha value is -4.60. The molecule has 6 amide bonds. The monoisotopic (exact) mass is 518 g/mol. The Bertz CT molecular complexity index is 1440. The number of nitrogens with zero attached hydrogens (tertiary/aromatic N) is 3. The standard InChI is InChI=1S/C28H30N4O6/c1-17-9-12-23(18(2)15-17)38-14-6-13-29-26(35)21-11-10-19-20(25(21)34)7-5-8-22(19)31(4)28(37)32-24(33)16-30(3)27(32)36/h5,7-12,15,34H,6,13-14,16H2,1-4H3,(H,29,35). The molecule has 3 aromatic rings. The van der Waals surface area contributed by atoms with Crippen LogP contribution in [-0.2, 0) is 4.79 Å². The number of anilines is 1. The molecule has 0 saturated carbocycles. The summed E-state index contributed by atoms with van der Waals surface area (Å²) < 4.78 is 5.79. The number of phenolic OH excluding ortho intramolecular Hbond substituents is 1. The smallest absolute Gasteiger partial charge is 0.339 e. The maximum atomic E-state index is 13.0. The average Bonchev–Trinajstić information content (AvgIpc) is 3.14. The Morgan fingerprint density at radius 2 is 1.84 bits per heavy atom. The number of carbonyl (C=O) groups excluding carboxylic acids is 4. The Kier molecular flexibility index (Phi) is 7.52. The van der Waals surface area contributed by atoms with E-state index in [0.29, 0.717) is 40.9 Å². The van der Waals surface area contributed by atoms with E-state index in [2.05, 4.69) is 5.32 Å². The molecule has 198 valence electrons. The Labute approximate surface area is 220 Å². The molecule has 0 atom stereocenters. The molecule has 1 fully saturated rings. The number of nitrogens with one attached hydrogen (secondary N) is 1. The van der Waals surface area contributed by atoms with Crippen molar-refractivity contribution >= 4 is 40.3 Å². The molecule has 3 aromatic carbocycles. The van der Waals surface area contributed by atoms with Crippen molar-refractivity contribution in [2.45, 2.75) is 20.3 Å². The van der Waals surface area contributed by atoms with Crippen LogP contribution in [0, 0.1) is 13.8 Å². The molecule has 2 N–H and O–H groups in total. The van der Waals surface area contributed by atoms with Gasteiger partial charge in [-0.1, -0.05) is 35.9 Å². The predicted molar refractivity (Wildman–Crippen MR) is 143 cm³/mol. The highest BCUT2D eigenvalue weighted by atomic mass is 16.5. The predicted octanol–water partition coefficient (Wildman–Crippen LogP) is 3.81. The molecule has 10 nitrogen and oxygen atoms in total. The molecule has 0 unspecified atom stereocenters. The van der Waals surface area contributed by atoms with Crippen molar-refractivity contribution < 1.29 is 29.0 Å². The summed E-state index contributed by atoms with van der Waals surface area (Å²) in [6.07, 6.45) is 0.577. The van der Waals surface area contributed by atoms with Crippen molar-refractivity contribution in [2.24, 2.45) is 0 Å². The van der Waals surface area contributed by atoms with E-state index in [1.165, 1.54) is 25.1 Å². The lowest BCUT2D eigenvalue weighted by Gasteiger charge is -2.23. The van der Waals surface area contributed by atoms with Crippen LogP contribution in [0.1, 0.15) is 27.9 Å². The number of urea groups is 2. The third-order valence-electron chi connectivity index (χ3n) is 6.43. The molecule has 0 bridgehead atoms. The molecule has 0 spiro atoms. The summed E-state index contributed by atoms with van der Waals surface area (Å²) in [5, 5.41) is 14.5. The van der Waals surface area contributed by atoms with Crippen LogP contribution in [0.3, 0.4) is 0 Å².